The zero-order valence-corrected chi connectivity index (χ0v) is 12.6. The average molecular weight is 286 g/mol. The Balaban J connectivity index is 1.66. The molecule has 2 heterocycles. The molecule has 0 spiro atoms. The minimum atomic E-state index is 0.223. The molecule has 0 unspecified atom stereocenters. The molecule has 2 aromatic rings. The highest BCUT2D eigenvalue weighted by Gasteiger charge is 2.22. The van der Waals surface area contributed by atoms with E-state index in [2.05, 4.69) is 35.2 Å². The second-order valence-corrected chi connectivity index (χ2v) is 5.79. The number of H-pyrrole nitrogens is 1. The van der Waals surface area contributed by atoms with Gasteiger partial charge in [0.1, 0.15) is 5.82 Å². The number of para-hydroxylation sites is 1. The van der Waals surface area contributed by atoms with E-state index < -0.39 is 0 Å². The van der Waals surface area contributed by atoms with E-state index in [4.69, 9.17) is 0 Å². The van der Waals surface area contributed by atoms with Crippen molar-refractivity contribution in [2.75, 3.05) is 19.6 Å². The zero-order chi connectivity index (χ0) is 14.8. The third-order valence-corrected chi connectivity index (χ3v) is 4.16. The molecule has 0 bridgehead atoms. The number of rotatable bonds is 3. The zero-order valence-electron chi connectivity index (χ0n) is 12.6. The first-order valence-corrected chi connectivity index (χ1v) is 7.59. The predicted molar refractivity (Wildman–Crippen MR) is 83.2 cm³/mol. The fourth-order valence-electron chi connectivity index (χ4n) is 2.93. The van der Waals surface area contributed by atoms with Crippen LogP contribution in [0.2, 0.25) is 0 Å². The number of nitrogens with zero attached hydrogens (tertiary/aromatic N) is 2. The molecule has 1 aliphatic rings. The van der Waals surface area contributed by atoms with E-state index in [-0.39, 0.29) is 11.9 Å². The van der Waals surface area contributed by atoms with E-state index in [1.54, 1.807) is 0 Å². The average Bonchev–Trinajstić information content (AvgIpc) is 2.90. The lowest BCUT2D eigenvalue weighted by molar-refractivity contribution is -0.133. The van der Waals surface area contributed by atoms with Crippen LogP contribution in [0, 0.1) is 6.92 Å². The molecule has 5 nitrogen and oxygen atoms in total. The molecule has 1 aliphatic heterocycles. The Morgan fingerprint density at radius 2 is 2.33 bits per heavy atom. The van der Waals surface area contributed by atoms with Crippen molar-refractivity contribution in [2.24, 2.45) is 0 Å². The Kier molecular flexibility index (Phi) is 3.92. The number of hydrogen-bond acceptors (Lipinski definition) is 3. The maximum absolute atomic E-state index is 12.3. The normalized spacial score (nSPS) is 19.1. The molecule has 0 aliphatic carbocycles. The van der Waals surface area contributed by atoms with Gasteiger partial charge in [0.25, 0.3) is 0 Å². The molecular formula is C16H22N4O. The highest BCUT2D eigenvalue weighted by molar-refractivity contribution is 5.79. The van der Waals surface area contributed by atoms with Gasteiger partial charge in [-0.2, -0.15) is 0 Å². The van der Waals surface area contributed by atoms with Gasteiger partial charge in [-0.05, 0) is 25.5 Å². The summed E-state index contributed by atoms with van der Waals surface area (Å²) < 4.78 is 0. The minimum Gasteiger partial charge on any atom is -0.342 e. The van der Waals surface area contributed by atoms with Crippen molar-refractivity contribution in [3.8, 4) is 0 Å². The predicted octanol–water partition coefficient (Wildman–Crippen LogP) is 1.62. The Hall–Kier alpha value is -1.88. The molecule has 21 heavy (non-hydrogen) atoms. The number of aryl methyl sites for hydroxylation is 2. The van der Waals surface area contributed by atoms with Gasteiger partial charge < -0.3 is 15.2 Å². The monoisotopic (exact) mass is 286 g/mol. The number of piperazine rings is 1. The van der Waals surface area contributed by atoms with Gasteiger partial charge in [-0.25, -0.2) is 4.98 Å². The number of fused-ring (bicyclic) bond motifs is 1. The quantitative estimate of drug-likeness (QED) is 0.901. The fraction of sp³-hybridized carbons (Fsp3) is 0.500. The van der Waals surface area contributed by atoms with Crippen molar-refractivity contribution in [1.82, 2.24) is 20.2 Å². The van der Waals surface area contributed by atoms with Crippen LogP contribution in [0.5, 0.6) is 0 Å². The molecule has 1 aromatic carbocycles. The van der Waals surface area contributed by atoms with Gasteiger partial charge in [0, 0.05) is 38.5 Å². The molecule has 5 heteroatoms. The number of nitrogens with one attached hydrogen (secondary N) is 2. The summed E-state index contributed by atoms with van der Waals surface area (Å²) in [5, 5.41) is 3.30. The number of carbonyl (C=O) groups excluding carboxylic acids is 1. The van der Waals surface area contributed by atoms with E-state index in [9.17, 15) is 4.79 Å². The van der Waals surface area contributed by atoms with Gasteiger partial charge in [-0.1, -0.05) is 12.1 Å². The Morgan fingerprint density at radius 3 is 3.10 bits per heavy atom. The van der Waals surface area contributed by atoms with Crippen molar-refractivity contribution in [1.29, 1.82) is 0 Å². The van der Waals surface area contributed by atoms with Crippen molar-refractivity contribution in [3.63, 3.8) is 0 Å². The maximum Gasteiger partial charge on any atom is 0.223 e. The number of aromatic amines is 1. The highest BCUT2D eigenvalue weighted by atomic mass is 16.2. The number of aromatic nitrogens is 2. The van der Waals surface area contributed by atoms with Gasteiger partial charge in [0.05, 0.1) is 11.0 Å². The molecule has 3 rings (SSSR count). The molecule has 1 saturated heterocycles. The van der Waals surface area contributed by atoms with Crippen molar-refractivity contribution < 1.29 is 4.79 Å². The van der Waals surface area contributed by atoms with Crippen LogP contribution in [0.1, 0.15) is 24.7 Å². The number of benzene rings is 1. The van der Waals surface area contributed by atoms with Crippen LogP contribution in [-0.4, -0.2) is 46.5 Å². The molecule has 112 valence electrons. The SMILES string of the molecule is Cc1cccc2[nH]c(CCC(=O)N3CCNC[C@@H]3C)nc12. The second kappa shape index (κ2) is 5.85. The first kappa shape index (κ1) is 14.1. The maximum atomic E-state index is 12.3. The van der Waals surface area contributed by atoms with E-state index in [0.717, 1.165) is 42.1 Å². The molecule has 0 radical (unpaired) electrons. The van der Waals surface area contributed by atoms with Gasteiger partial charge in [-0.15, -0.1) is 0 Å². The first-order chi connectivity index (χ1) is 10.1. The first-order valence-electron chi connectivity index (χ1n) is 7.59. The number of amides is 1. The summed E-state index contributed by atoms with van der Waals surface area (Å²) in [7, 11) is 0. The van der Waals surface area contributed by atoms with E-state index in [0.29, 0.717) is 12.8 Å². The molecule has 2 N–H and O–H groups in total. The third-order valence-electron chi connectivity index (χ3n) is 4.16. The minimum absolute atomic E-state index is 0.223. The topological polar surface area (TPSA) is 61.0 Å². The standard InChI is InChI=1S/C16H22N4O/c1-11-4-3-5-13-16(11)19-14(18-13)6-7-15(21)20-9-8-17-10-12(20)2/h3-5,12,17H,6-10H2,1-2H3,(H,18,19)/t12-/m0/s1. The number of carbonyl (C=O) groups is 1. The van der Waals surface area contributed by atoms with E-state index in [1.165, 1.54) is 0 Å². The van der Waals surface area contributed by atoms with E-state index >= 15 is 0 Å². The van der Waals surface area contributed by atoms with Crippen molar-refractivity contribution in [2.45, 2.75) is 32.7 Å². The summed E-state index contributed by atoms with van der Waals surface area (Å²) in [6.45, 7) is 6.73. The largest absolute Gasteiger partial charge is 0.342 e. The third kappa shape index (κ3) is 2.93. The summed E-state index contributed by atoms with van der Waals surface area (Å²) in [5.41, 5.74) is 3.22. The lowest BCUT2D eigenvalue weighted by Gasteiger charge is -2.34. The fourth-order valence-corrected chi connectivity index (χ4v) is 2.93. The van der Waals surface area contributed by atoms with Crippen molar-refractivity contribution >= 4 is 16.9 Å². The summed E-state index contributed by atoms with van der Waals surface area (Å²) in [6.07, 6.45) is 1.19. The van der Waals surface area contributed by atoms with Gasteiger partial charge in [0.15, 0.2) is 0 Å². The summed E-state index contributed by atoms with van der Waals surface area (Å²) in [4.78, 5) is 22.2. The summed E-state index contributed by atoms with van der Waals surface area (Å²) >= 11 is 0. The molecule has 1 amide bonds. The molecule has 1 aromatic heterocycles. The molecular weight excluding hydrogens is 264 g/mol. The Morgan fingerprint density at radius 1 is 1.48 bits per heavy atom. The highest BCUT2D eigenvalue weighted by Crippen LogP contribution is 2.16. The van der Waals surface area contributed by atoms with Crippen LogP contribution in [0.15, 0.2) is 18.2 Å². The lowest BCUT2D eigenvalue weighted by Crippen LogP contribution is -2.52. The van der Waals surface area contributed by atoms with Gasteiger partial charge in [0.2, 0.25) is 5.91 Å². The Bertz CT molecular complexity index is 649. The summed E-state index contributed by atoms with van der Waals surface area (Å²) in [6, 6.07) is 6.39. The van der Waals surface area contributed by atoms with Crippen LogP contribution in [0.25, 0.3) is 11.0 Å². The number of hydrogen-bond donors (Lipinski definition) is 2. The van der Waals surface area contributed by atoms with Crippen LogP contribution in [-0.2, 0) is 11.2 Å². The molecule has 1 atom stereocenters. The Labute approximate surface area is 124 Å². The lowest BCUT2D eigenvalue weighted by atomic mass is 10.2. The van der Waals surface area contributed by atoms with E-state index in [1.807, 2.05) is 17.0 Å². The summed E-state index contributed by atoms with van der Waals surface area (Å²) in [5.74, 6) is 1.12. The van der Waals surface area contributed by atoms with Crippen LogP contribution < -0.4 is 5.32 Å². The van der Waals surface area contributed by atoms with Gasteiger partial charge >= 0.3 is 0 Å². The van der Waals surface area contributed by atoms with Crippen LogP contribution >= 0.6 is 0 Å². The van der Waals surface area contributed by atoms with Crippen LogP contribution in [0.3, 0.4) is 0 Å². The number of imidazole rings is 1. The van der Waals surface area contributed by atoms with Crippen molar-refractivity contribution in [3.05, 3.63) is 29.6 Å². The molecule has 1 fully saturated rings. The van der Waals surface area contributed by atoms with Crippen LogP contribution in [0.4, 0.5) is 0 Å². The second-order valence-electron chi connectivity index (χ2n) is 5.79. The smallest absolute Gasteiger partial charge is 0.223 e. The van der Waals surface area contributed by atoms with Gasteiger partial charge in [-0.3, -0.25) is 4.79 Å². The molecule has 0 saturated carbocycles.